The van der Waals surface area contributed by atoms with Crippen LogP contribution in [0.2, 0.25) is 0 Å². The molecule has 1 amide bonds. The first-order chi connectivity index (χ1) is 11.2. The summed E-state index contributed by atoms with van der Waals surface area (Å²) in [4.78, 5) is 30.2. The second kappa shape index (κ2) is 6.77. The smallest absolute Gasteiger partial charge is 0.258 e. The van der Waals surface area contributed by atoms with Crippen molar-refractivity contribution in [1.29, 1.82) is 0 Å². The Kier molecular flexibility index (Phi) is 4.55. The Morgan fingerprint density at radius 3 is 2.74 bits per heavy atom. The number of nitrogens with one attached hydrogen (secondary N) is 1. The maximum Gasteiger partial charge on any atom is 0.258 e. The van der Waals surface area contributed by atoms with Crippen molar-refractivity contribution in [2.45, 2.75) is 18.0 Å². The van der Waals surface area contributed by atoms with Crippen LogP contribution in [-0.2, 0) is 4.79 Å². The summed E-state index contributed by atoms with van der Waals surface area (Å²) in [7, 11) is 1.75. The first-order valence-corrected chi connectivity index (χ1v) is 8.16. The number of rotatable bonds is 6. The molecule has 0 unspecified atom stereocenters. The summed E-state index contributed by atoms with van der Waals surface area (Å²) in [5, 5.41) is 7.63. The Hall–Kier alpha value is -2.43. The van der Waals surface area contributed by atoms with Crippen molar-refractivity contribution >= 4 is 29.6 Å². The van der Waals surface area contributed by atoms with Gasteiger partial charge >= 0.3 is 0 Å². The van der Waals surface area contributed by atoms with Crippen LogP contribution < -0.4 is 16.0 Å². The molecular formula is C12H17N9OS. The van der Waals surface area contributed by atoms with Crippen molar-refractivity contribution in [3.8, 4) is 5.95 Å². The van der Waals surface area contributed by atoms with Gasteiger partial charge in [-0.05, 0) is 12.8 Å². The van der Waals surface area contributed by atoms with Crippen LogP contribution in [0.4, 0.5) is 11.9 Å². The Bertz CT molecular complexity index is 698. The number of hydrogen-bond acceptors (Lipinski definition) is 9. The topological polar surface area (TPSA) is 128 Å². The normalized spacial score (nSPS) is 14.2. The van der Waals surface area contributed by atoms with E-state index >= 15 is 0 Å². The second-order valence-electron chi connectivity index (χ2n) is 4.93. The van der Waals surface area contributed by atoms with Gasteiger partial charge in [-0.15, -0.1) is 5.10 Å². The molecule has 2 aromatic heterocycles. The second-order valence-corrected chi connectivity index (χ2v) is 5.87. The number of hydrogen-bond donors (Lipinski definition) is 2. The lowest BCUT2D eigenvalue weighted by Gasteiger charge is -2.16. The average Bonchev–Trinajstić information content (AvgIpc) is 3.24. The number of carbonyl (C=O) groups excluding carboxylic acids is 1. The predicted molar refractivity (Wildman–Crippen MR) is 85.7 cm³/mol. The van der Waals surface area contributed by atoms with Gasteiger partial charge in [0.25, 0.3) is 5.95 Å². The van der Waals surface area contributed by atoms with Crippen molar-refractivity contribution < 1.29 is 4.79 Å². The Labute approximate surface area is 136 Å². The van der Waals surface area contributed by atoms with Gasteiger partial charge in [-0.2, -0.15) is 19.6 Å². The van der Waals surface area contributed by atoms with Crippen LogP contribution in [-0.4, -0.2) is 61.5 Å². The van der Waals surface area contributed by atoms with Crippen molar-refractivity contribution in [3.05, 3.63) is 6.33 Å². The van der Waals surface area contributed by atoms with Crippen molar-refractivity contribution in [2.75, 3.05) is 36.1 Å². The van der Waals surface area contributed by atoms with Crippen LogP contribution in [0, 0.1) is 0 Å². The van der Waals surface area contributed by atoms with Gasteiger partial charge in [-0.25, -0.2) is 4.98 Å². The molecule has 122 valence electrons. The van der Waals surface area contributed by atoms with Crippen molar-refractivity contribution in [2.24, 2.45) is 5.73 Å². The molecule has 10 nitrogen and oxygen atoms in total. The fraction of sp³-hybridized carbons (Fsp3) is 0.500. The number of carbonyl (C=O) groups is 1. The number of primary amides is 1. The zero-order chi connectivity index (χ0) is 16.2. The van der Waals surface area contributed by atoms with Gasteiger partial charge in [0, 0.05) is 20.1 Å². The fourth-order valence-corrected chi connectivity index (χ4v) is 2.71. The highest BCUT2D eigenvalue weighted by molar-refractivity contribution is 7.99. The molecule has 0 aliphatic carbocycles. The predicted octanol–water partition coefficient (Wildman–Crippen LogP) is -0.328. The van der Waals surface area contributed by atoms with E-state index in [1.54, 1.807) is 7.05 Å². The van der Waals surface area contributed by atoms with Crippen LogP contribution in [0.1, 0.15) is 12.8 Å². The average molecular weight is 335 g/mol. The molecule has 0 bridgehead atoms. The molecule has 0 radical (unpaired) electrons. The van der Waals surface area contributed by atoms with Gasteiger partial charge in [0.1, 0.15) is 6.33 Å². The van der Waals surface area contributed by atoms with Crippen molar-refractivity contribution in [1.82, 2.24) is 29.7 Å². The van der Waals surface area contributed by atoms with E-state index in [-0.39, 0.29) is 5.75 Å². The Morgan fingerprint density at radius 2 is 2.04 bits per heavy atom. The van der Waals surface area contributed by atoms with E-state index in [1.165, 1.54) is 22.8 Å². The van der Waals surface area contributed by atoms with Gasteiger partial charge in [-0.1, -0.05) is 11.8 Å². The number of aromatic nitrogens is 6. The van der Waals surface area contributed by atoms with Crippen LogP contribution in [0.3, 0.4) is 0 Å². The number of anilines is 2. The summed E-state index contributed by atoms with van der Waals surface area (Å²) < 4.78 is 1.46. The molecule has 23 heavy (non-hydrogen) atoms. The highest BCUT2D eigenvalue weighted by Gasteiger charge is 2.18. The van der Waals surface area contributed by atoms with E-state index in [0.29, 0.717) is 23.0 Å². The number of nitrogens with zero attached hydrogens (tertiary/aromatic N) is 7. The maximum absolute atomic E-state index is 10.8. The minimum Gasteiger partial charge on any atom is -0.369 e. The highest BCUT2D eigenvalue weighted by atomic mass is 32.2. The highest BCUT2D eigenvalue weighted by Crippen LogP contribution is 2.18. The van der Waals surface area contributed by atoms with E-state index < -0.39 is 5.91 Å². The molecule has 0 atom stereocenters. The Balaban J connectivity index is 1.86. The fourth-order valence-electron chi connectivity index (χ4n) is 2.17. The molecule has 3 rings (SSSR count). The minimum atomic E-state index is -0.416. The summed E-state index contributed by atoms with van der Waals surface area (Å²) in [6.45, 7) is 1.87. The number of nitrogens with two attached hydrogens (primary N) is 1. The lowest BCUT2D eigenvalue weighted by atomic mass is 10.4. The first kappa shape index (κ1) is 15.5. The van der Waals surface area contributed by atoms with Gasteiger partial charge in [0.2, 0.25) is 23.0 Å². The summed E-state index contributed by atoms with van der Waals surface area (Å²) >= 11 is 1.17. The molecule has 1 aliphatic rings. The molecule has 0 aromatic carbocycles. The molecule has 0 saturated carbocycles. The van der Waals surface area contributed by atoms with E-state index in [0.717, 1.165) is 25.9 Å². The third kappa shape index (κ3) is 3.67. The third-order valence-electron chi connectivity index (χ3n) is 3.24. The van der Waals surface area contributed by atoms with Gasteiger partial charge in [0.05, 0.1) is 5.75 Å². The Morgan fingerprint density at radius 1 is 1.30 bits per heavy atom. The van der Waals surface area contributed by atoms with Gasteiger partial charge < -0.3 is 16.0 Å². The van der Waals surface area contributed by atoms with Crippen LogP contribution in [0.5, 0.6) is 0 Å². The molecule has 1 saturated heterocycles. The van der Waals surface area contributed by atoms with Gasteiger partial charge in [-0.3, -0.25) is 4.79 Å². The van der Waals surface area contributed by atoms with E-state index in [2.05, 4.69) is 35.3 Å². The SMILES string of the molecule is CNc1nc(N2CCCC2)nc(-n2cnc(SCC(N)=O)n2)n1. The van der Waals surface area contributed by atoms with E-state index in [4.69, 9.17) is 5.73 Å². The van der Waals surface area contributed by atoms with Gasteiger partial charge in [0.15, 0.2) is 0 Å². The number of thioether (sulfide) groups is 1. The van der Waals surface area contributed by atoms with Crippen LogP contribution in [0.25, 0.3) is 5.95 Å². The summed E-state index contributed by atoms with van der Waals surface area (Å²) in [5.41, 5.74) is 5.12. The van der Waals surface area contributed by atoms with Crippen molar-refractivity contribution in [3.63, 3.8) is 0 Å². The largest absolute Gasteiger partial charge is 0.369 e. The minimum absolute atomic E-state index is 0.127. The molecule has 1 aliphatic heterocycles. The van der Waals surface area contributed by atoms with Crippen LogP contribution in [0.15, 0.2) is 11.5 Å². The maximum atomic E-state index is 10.8. The first-order valence-electron chi connectivity index (χ1n) is 7.17. The lowest BCUT2D eigenvalue weighted by Crippen LogP contribution is -2.22. The molecule has 0 spiro atoms. The molecule has 11 heteroatoms. The molecule has 3 N–H and O–H groups in total. The standard InChI is InChI=1S/C12H17N9OS/c1-14-9-16-10(20-4-2-3-5-20)18-11(17-9)21-7-15-12(19-21)23-6-8(13)22/h7H,2-6H2,1H3,(H2,13,22)(H,14,16,17,18). The summed E-state index contributed by atoms with van der Waals surface area (Å²) in [6, 6.07) is 0. The molecule has 2 aromatic rings. The lowest BCUT2D eigenvalue weighted by molar-refractivity contribution is -0.115. The monoisotopic (exact) mass is 335 g/mol. The number of amides is 1. The summed E-state index contributed by atoms with van der Waals surface area (Å²) in [6.07, 6.45) is 3.77. The zero-order valence-corrected chi connectivity index (χ0v) is 13.5. The molecule has 1 fully saturated rings. The molecule has 3 heterocycles. The third-order valence-corrected chi connectivity index (χ3v) is 4.12. The van der Waals surface area contributed by atoms with E-state index in [1.807, 2.05) is 0 Å². The van der Waals surface area contributed by atoms with Crippen LogP contribution >= 0.6 is 11.8 Å². The van der Waals surface area contributed by atoms with E-state index in [9.17, 15) is 4.79 Å². The quantitative estimate of drug-likeness (QED) is 0.682. The summed E-state index contributed by atoms with van der Waals surface area (Å²) in [5.74, 6) is 1.18. The molecular weight excluding hydrogens is 318 g/mol. The zero-order valence-electron chi connectivity index (χ0n) is 12.6.